The first-order valence-corrected chi connectivity index (χ1v) is 7.61. The molecule has 0 bridgehead atoms. The molecule has 5 heteroatoms. The third kappa shape index (κ3) is 2.63. The zero-order valence-electron chi connectivity index (χ0n) is 14.0. The Bertz CT molecular complexity index is 889. The second-order valence-electron chi connectivity index (χ2n) is 5.96. The van der Waals surface area contributed by atoms with E-state index in [9.17, 15) is 4.79 Å². The SMILES string of the molecule is Cc1cnc(C(C)NC(=O)c2oc3c(C)ccc(C)c3c2C)o1. The molecule has 1 atom stereocenters. The van der Waals surface area contributed by atoms with Crippen molar-refractivity contribution in [3.63, 3.8) is 0 Å². The number of rotatable bonds is 3. The Labute approximate surface area is 134 Å². The minimum absolute atomic E-state index is 0.263. The van der Waals surface area contributed by atoms with Crippen LogP contribution < -0.4 is 5.32 Å². The van der Waals surface area contributed by atoms with Gasteiger partial charge in [-0.3, -0.25) is 4.79 Å². The average Bonchev–Trinajstić information content (AvgIpc) is 3.08. The first-order chi connectivity index (χ1) is 10.9. The topological polar surface area (TPSA) is 68.3 Å². The van der Waals surface area contributed by atoms with Crippen molar-refractivity contribution in [3.8, 4) is 0 Å². The number of oxazole rings is 1. The van der Waals surface area contributed by atoms with Crippen LogP contribution in [0.4, 0.5) is 0 Å². The van der Waals surface area contributed by atoms with Crippen LogP contribution in [-0.4, -0.2) is 10.9 Å². The van der Waals surface area contributed by atoms with Crippen molar-refractivity contribution in [1.29, 1.82) is 0 Å². The predicted octanol–water partition coefficient (Wildman–Crippen LogP) is 4.15. The van der Waals surface area contributed by atoms with Crippen LogP contribution in [0.2, 0.25) is 0 Å². The van der Waals surface area contributed by atoms with E-state index in [4.69, 9.17) is 8.83 Å². The largest absolute Gasteiger partial charge is 0.450 e. The number of carbonyl (C=O) groups is 1. The Balaban J connectivity index is 1.94. The van der Waals surface area contributed by atoms with E-state index in [0.717, 1.165) is 27.7 Å². The molecule has 5 nitrogen and oxygen atoms in total. The number of fused-ring (bicyclic) bond motifs is 1. The maximum Gasteiger partial charge on any atom is 0.287 e. The Hall–Kier alpha value is -2.56. The zero-order valence-corrected chi connectivity index (χ0v) is 14.0. The number of carbonyl (C=O) groups excluding carboxylic acids is 1. The van der Waals surface area contributed by atoms with Gasteiger partial charge in [-0.2, -0.15) is 0 Å². The minimum atomic E-state index is -0.328. The Morgan fingerprint density at radius 3 is 2.43 bits per heavy atom. The normalized spacial score (nSPS) is 12.6. The molecular formula is C18H20N2O3. The van der Waals surface area contributed by atoms with Gasteiger partial charge < -0.3 is 14.2 Å². The van der Waals surface area contributed by atoms with E-state index in [0.29, 0.717) is 17.4 Å². The van der Waals surface area contributed by atoms with E-state index in [1.807, 2.05) is 46.8 Å². The summed E-state index contributed by atoms with van der Waals surface area (Å²) in [6.07, 6.45) is 1.64. The lowest BCUT2D eigenvalue weighted by atomic mass is 10.0. The quantitative estimate of drug-likeness (QED) is 0.789. The fourth-order valence-corrected chi connectivity index (χ4v) is 2.79. The summed E-state index contributed by atoms with van der Waals surface area (Å²) < 4.78 is 11.3. The molecule has 2 aromatic heterocycles. The highest BCUT2D eigenvalue weighted by molar-refractivity contribution is 6.00. The molecule has 0 aliphatic rings. The van der Waals surface area contributed by atoms with Crippen LogP contribution in [0.1, 0.15) is 51.9 Å². The van der Waals surface area contributed by atoms with Crippen molar-refractivity contribution >= 4 is 16.9 Å². The molecule has 0 radical (unpaired) electrons. The Morgan fingerprint density at radius 1 is 1.13 bits per heavy atom. The van der Waals surface area contributed by atoms with E-state index in [2.05, 4.69) is 10.3 Å². The number of hydrogen-bond donors (Lipinski definition) is 1. The summed E-state index contributed by atoms with van der Waals surface area (Å²) in [4.78, 5) is 16.7. The van der Waals surface area contributed by atoms with Gasteiger partial charge in [-0.15, -0.1) is 0 Å². The van der Waals surface area contributed by atoms with Crippen LogP contribution in [0, 0.1) is 27.7 Å². The summed E-state index contributed by atoms with van der Waals surface area (Å²) in [5, 5.41) is 3.89. The molecule has 2 heterocycles. The smallest absolute Gasteiger partial charge is 0.287 e. The summed E-state index contributed by atoms with van der Waals surface area (Å²) in [6.45, 7) is 9.56. The van der Waals surface area contributed by atoms with Gasteiger partial charge in [0, 0.05) is 10.9 Å². The Kier molecular flexibility index (Phi) is 3.72. The molecule has 3 aromatic rings. The monoisotopic (exact) mass is 312 g/mol. The number of aromatic nitrogens is 1. The van der Waals surface area contributed by atoms with Crippen LogP contribution in [0.25, 0.3) is 11.0 Å². The third-order valence-electron chi connectivity index (χ3n) is 4.05. The second-order valence-corrected chi connectivity index (χ2v) is 5.96. The molecule has 0 fully saturated rings. The highest BCUT2D eigenvalue weighted by Crippen LogP contribution is 2.30. The predicted molar refractivity (Wildman–Crippen MR) is 87.5 cm³/mol. The van der Waals surface area contributed by atoms with E-state index >= 15 is 0 Å². The van der Waals surface area contributed by atoms with Crippen LogP contribution in [0.15, 0.2) is 27.2 Å². The summed E-state index contributed by atoms with van der Waals surface area (Å²) in [7, 11) is 0. The van der Waals surface area contributed by atoms with Crippen LogP contribution in [0.5, 0.6) is 0 Å². The minimum Gasteiger partial charge on any atom is -0.450 e. The summed E-state index contributed by atoms with van der Waals surface area (Å²) >= 11 is 0. The van der Waals surface area contributed by atoms with Crippen molar-refractivity contribution in [3.05, 3.63) is 52.4 Å². The third-order valence-corrected chi connectivity index (χ3v) is 4.05. The van der Waals surface area contributed by atoms with Gasteiger partial charge >= 0.3 is 0 Å². The Morgan fingerprint density at radius 2 is 1.83 bits per heavy atom. The van der Waals surface area contributed by atoms with Gasteiger partial charge in [0.05, 0.1) is 6.20 Å². The molecule has 23 heavy (non-hydrogen) atoms. The first-order valence-electron chi connectivity index (χ1n) is 7.61. The fourth-order valence-electron chi connectivity index (χ4n) is 2.79. The van der Waals surface area contributed by atoms with E-state index in [-0.39, 0.29) is 11.9 Å². The van der Waals surface area contributed by atoms with E-state index < -0.39 is 0 Å². The molecule has 1 N–H and O–H groups in total. The molecule has 1 amide bonds. The van der Waals surface area contributed by atoms with Gasteiger partial charge in [-0.05, 0) is 45.7 Å². The van der Waals surface area contributed by atoms with E-state index in [1.165, 1.54) is 0 Å². The number of nitrogens with one attached hydrogen (secondary N) is 1. The molecule has 0 aliphatic carbocycles. The number of hydrogen-bond acceptors (Lipinski definition) is 4. The van der Waals surface area contributed by atoms with E-state index in [1.54, 1.807) is 6.20 Å². The molecule has 0 aliphatic heterocycles. The number of furan rings is 1. The molecule has 3 rings (SSSR count). The summed E-state index contributed by atoms with van der Waals surface area (Å²) in [5.74, 6) is 1.28. The maximum absolute atomic E-state index is 12.6. The lowest BCUT2D eigenvalue weighted by Crippen LogP contribution is -2.27. The van der Waals surface area contributed by atoms with Crippen molar-refractivity contribution in [2.24, 2.45) is 0 Å². The van der Waals surface area contributed by atoms with Crippen LogP contribution in [0.3, 0.4) is 0 Å². The van der Waals surface area contributed by atoms with Gasteiger partial charge in [0.2, 0.25) is 5.89 Å². The van der Waals surface area contributed by atoms with Gasteiger partial charge in [0.15, 0.2) is 5.76 Å². The van der Waals surface area contributed by atoms with Crippen molar-refractivity contribution in [2.75, 3.05) is 0 Å². The summed E-state index contributed by atoms with van der Waals surface area (Å²) in [6, 6.07) is 3.71. The lowest BCUT2D eigenvalue weighted by molar-refractivity contribution is 0.0907. The number of aryl methyl sites for hydroxylation is 4. The van der Waals surface area contributed by atoms with Gasteiger partial charge in [-0.1, -0.05) is 12.1 Å². The van der Waals surface area contributed by atoms with Gasteiger partial charge in [0.1, 0.15) is 17.4 Å². The van der Waals surface area contributed by atoms with Crippen LogP contribution >= 0.6 is 0 Å². The molecule has 1 unspecified atom stereocenters. The van der Waals surface area contributed by atoms with Crippen LogP contribution in [-0.2, 0) is 0 Å². The number of amides is 1. The standard InChI is InChI=1S/C18H20N2O3/c1-9-6-7-10(2)15-14(9)12(4)16(23-15)17(21)20-13(5)18-19-8-11(3)22-18/h6-8,13H,1-5H3,(H,20,21). The molecule has 0 spiro atoms. The van der Waals surface area contributed by atoms with Crippen molar-refractivity contribution in [2.45, 2.75) is 40.7 Å². The fraction of sp³-hybridized carbons (Fsp3) is 0.333. The number of nitrogens with zero attached hydrogens (tertiary/aromatic N) is 1. The summed E-state index contributed by atoms with van der Waals surface area (Å²) in [5.41, 5.74) is 3.74. The number of benzene rings is 1. The highest BCUT2D eigenvalue weighted by Gasteiger charge is 2.22. The van der Waals surface area contributed by atoms with Crippen molar-refractivity contribution < 1.29 is 13.6 Å². The van der Waals surface area contributed by atoms with Crippen molar-refractivity contribution in [1.82, 2.24) is 10.3 Å². The first kappa shape index (κ1) is 15.3. The molecule has 1 aromatic carbocycles. The molecule has 0 saturated carbocycles. The zero-order chi connectivity index (χ0) is 16.7. The van der Waals surface area contributed by atoms with Gasteiger partial charge in [0.25, 0.3) is 5.91 Å². The van der Waals surface area contributed by atoms with Gasteiger partial charge in [-0.25, -0.2) is 4.98 Å². The molecule has 120 valence electrons. The highest BCUT2D eigenvalue weighted by atomic mass is 16.4. The second kappa shape index (κ2) is 5.57. The maximum atomic E-state index is 12.6. The average molecular weight is 312 g/mol. The lowest BCUT2D eigenvalue weighted by Gasteiger charge is -2.09. The molecular weight excluding hydrogens is 292 g/mol. The molecule has 0 saturated heterocycles.